The van der Waals surface area contributed by atoms with Gasteiger partial charge in [0.15, 0.2) is 5.65 Å². The summed E-state index contributed by atoms with van der Waals surface area (Å²) in [6.45, 7) is 3.06. The van der Waals surface area contributed by atoms with Gasteiger partial charge in [-0.05, 0) is 48.8 Å². The fourth-order valence-electron chi connectivity index (χ4n) is 2.30. The maximum atomic E-state index is 4.53. The Hall–Kier alpha value is -1.23. The molecule has 0 atom stereocenters. The van der Waals surface area contributed by atoms with Gasteiger partial charge in [-0.25, -0.2) is 4.52 Å². The van der Waals surface area contributed by atoms with Crippen molar-refractivity contribution in [3.05, 3.63) is 23.9 Å². The molecule has 2 aromatic heterocycles. The summed E-state index contributed by atoms with van der Waals surface area (Å²) < 4.78 is 1.84. The molecule has 0 saturated carbocycles. The molecule has 0 spiro atoms. The predicted molar refractivity (Wildman–Crippen MR) is 76.3 cm³/mol. The van der Waals surface area contributed by atoms with Crippen molar-refractivity contribution in [2.24, 2.45) is 5.92 Å². The van der Waals surface area contributed by atoms with Crippen molar-refractivity contribution < 1.29 is 0 Å². The third-order valence-electron chi connectivity index (χ3n) is 3.45. The van der Waals surface area contributed by atoms with Crippen molar-refractivity contribution >= 4 is 23.4 Å². The molecule has 1 saturated heterocycles. The Bertz CT molecular complexity index is 531. The van der Waals surface area contributed by atoms with Crippen LogP contribution in [0.3, 0.4) is 0 Å². The Morgan fingerprint density at radius 2 is 2.28 bits per heavy atom. The van der Waals surface area contributed by atoms with Crippen LogP contribution in [0.4, 0.5) is 5.95 Å². The highest BCUT2D eigenvalue weighted by atomic mass is 32.2. The van der Waals surface area contributed by atoms with Crippen molar-refractivity contribution in [3.8, 4) is 0 Å². The lowest BCUT2D eigenvalue weighted by Gasteiger charge is -2.20. The largest absolute Gasteiger partial charge is 0.353 e. The summed E-state index contributed by atoms with van der Waals surface area (Å²) in [5, 5.41) is 7.83. The molecular weight excluding hydrogens is 244 g/mol. The van der Waals surface area contributed by atoms with Crippen molar-refractivity contribution in [1.82, 2.24) is 14.6 Å². The van der Waals surface area contributed by atoms with Gasteiger partial charge in [-0.15, -0.1) is 5.10 Å². The Labute approximate surface area is 111 Å². The normalized spacial score (nSPS) is 17.2. The van der Waals surface area contributed by atoms with Crippen LogP contribution < -0.4 is 5.32 Å². The lowest BCUT2D eigenvalue weighted by Crippen LogP contribution is -2.19. The summed E-state index contributed by atoms with van der Waals surface area (Å²) in [4.78, 5) is 4.53. The minimum atomic E-state index is 0.752. The molecule has 1 N–H and O–H groups in total. The summed E-state index contributed by atoms with van der Waals surface area (Å²) >= 11 is 2.06. The van der Waals surface area contributed by atoms with E-state index in [1.165, 1.54) is 24.3 Å². The molecule has 1 aliphatic rings. The first kappa shape index (κ1) is 11.8. The number of hydrogen-bond acceptors (Lipinski definition) is 4. The molecule has 4 nitrogen and oxygen atoms in total. The van der Waals surface area contributed by atoms with Gasteiger partial charge in [0.25, 0.3) is 0 Å². The maximum Gasteiger partial charge on any atom is 0.243 e. The molecule has 96 valence electrons. The minimum Gasteiger partial charge on any atom is -0.353 e. The van der Waals surface area contributed by atoms with Crippen LogP contribution in [0.2, 0.25) is 0 Å². The van der Waals surface area contributed by atoms with Crippen LogP contribution in [0, 0.1) is 12.8 Å². The molecule has 3 heterocycles. The highest BCUT2D eigenvalue weighted by Gasteiger charge is 2.14. The molecule has 0 aliphatic carbocycles. The number of nitrogens with one attached hydrogen (secondary N) is 1. The molecule has 18 heavy (non-hydrogen) atoms. The third-order valence-corrected chi connectivity index (χ3v) is 4.50. The molecule has 0 radical (unpaired) electrons. The Kier molecular flexibility index (Phi) is 3.41. The number of anilines is 1. The van der Waals surface area contributed by atoms with Gasteiger partial charge >= 0.3 is 0 Å². The summed E-state index contributed by atoms with van der Waals surface area (Å²) in [7, 11) is 0. The van der Waals surface area contributed by atoms with Gasteiger partial charge in [-0.2, -0.15) is 16.7 Å². The smallest absolute Gasteiger partial charge is 0.243 e. The standard InChI is InChI=1S/C13H18N4S/c1-10-3-2-6-17-12(10)15-13(16-17)14-9-11-4-7-18-8-5-11/h2-3,6,11H,4-5,7-9H2,1H3,(H,14,16). The molecule has 1 aliphatic heterocycles. The predicted octanol–water partition coefficient (Wildman–Crippen LogP) is 2.59. The van der Waals surface area contributed by atoms with Gasteiger partial charge in [-0.3, -0.25) is 0 Å². The van der Waals surface area contributed by atoms with E-state index in [0.717, 1.165) is 29.6 Å². The number of hydrogen-bond donors (Lipinski definition) is 1. The van der Waals surface area contributed by atoms with Gasteiger partial charge in [0.05, 0.1) is 0 Å². The number of nitrogens with zero attached hydrogens (tertiary/aromatic N) is 3. The summed E-state index contributed by atoms with van der Waals surface area (Å²) in [6.07, 6.45) is 4.56. The molecule has 0 amide bonds. The second kappa shape index (κ2) is 5.18. The molecule has 0 unspecified atom stereocenters. The first-order chi connectivity index (χ1) is 8.83. The van der Waals surface area contributed by atoms with E-state index >= 15 is 0 Å². The monoisotopic (exact) mass is 262 g/mol. The van der Waals surface area contributed by atoms with E-state index < -0.39 is 0 Å². The quantitative estimate of drug-likeness (QED) is 0.923. The van der Waals surface area contributed by atoms with Gasteiger partial charge in [-0.1, -0.05) is 6.07 Å². The molecule has 0 bridgehead atoms. The molecular formula is C13H18N4S. The van der Waals surface area contributed by atoms with E-state index in [1.54, 1.807) is 0 Å². The van der Waals surface area contributed by atoms with E-state index in [1.807, 2.05) is 16.8 Å². The second-order valence-electron chi connectivity index (χ2n) is 4.83. The minimum absolute atomic E-state index is 0.752. The van der Waals surface area contributed by atoms with E-state index in [0.29, 0.717) is 0 Å². The van der Waals surface area contributed by atoms with E-state index in [9.17, 15) is 0 Å². The summed E-state index contributed by atoms with van der Waals surface area (Å²) in [6, 6.07) is 4.06. The number of thioether (sulfide) groups is 1. The highest BCUT2D eigenvalue weighted by Crippen LogP contribution is 2.22. The van der Waals surface area contributed by atoms with Crippen LogP contribution in [0.25, 0.3) is 5.65 Å². The molecule has 2 aromatic rings. The van der Waals surface area contributed by atoms with Crippen LogP contribution in [0.5, 0.6) is 0 Å². The summed E-state index contributed by atoms with van der Waals surface area (Å²) in [5.74, 6) is 4.12. The fraction of sp³-hybridized carbons (Fsp3) is 0.538. The van der Waals surface area contributed by atoms with Gasteiger partial charge in [0.1, 0.15) is 0 Å². The number of rotatable bonds is 3. The second-order valence-corrected chi connectivity index (χ2v) is 6.06. The Balaban J connectivity index is 1.69. The van der Waals surface area contributed by atoms with Crippen LogP contribution in [0.15, 0.2) is 18.3 Å². The first-order valence-electron chi connectivity index (χ1n) is 6.46. The topological polar surface area (TPSA) is 42.2 Å². The Morgan fingerprint density at radius 3 is 3.06 bits per heavy atom. The van der Waals surface area contributed by atoms with Gasteiger partial charge in [0, 0.05) is 12.7 Å². The van der Waals surface area contributed by atoms with Crippen molar-refractivity contribution in [2.45, 2.75) is 19.8 Å². The Morgan fingerprint density at radius 1 is 1.44 bits per heavy atom. The lowest BCUT2D eigenvalue weighted by atomic mass is 10.0. The zero-order chi connectivity index (χ0) is 12.4. The van der Waals surface area contributed by atoms with E-state index in [2.05, 4.69) is 40.2 Å². The maximum absolute atomic E-state index is 4.53. The van der Waals surface area contributed by atoms with Crippen LogP contribution in [0.1, 0.15) is 18.4 Å². The van der Waals surface area contributed by atoms with E-state index in [-0.39, 0.29) is 0 Å². The average Bonchev–Trinajstić information content (AvgIpc) is 2.82. The fourth-order valence-corrected chi connectivity index (χ4v) is 3.50. The number of fused-ring (bicyclic) bond motifs is 1. The van der Waals surface area contributed by atoms with Gasteiger partial charge < -0.3 is 5.32 Å². The average molecular weight is 262 g/mol. The van der Waals surface area contributed by atoms with Crippen LogP contribution in [-0.4, -0.2) is 32.6 Å². The number of aryl methyl sites for hydroxylation is 1. The highest BCUT2D eigenvalue weighted by molar-refractivity contribution is 7.99. The zero-order valence-corrected chi connectivity index (χ0v) is 11.4. The van der Waals surface area contributed by atoms with Crippen molar-refractivity contribution in [2.75, 3.05) is 23.4 Å². The van der Waals surface area contributed by atoms with Crippen molar-refractivity contribution in [1.29, 1.82) is 0 Å². The lowest BCUT2D eigenvalue weighted by molar-refractivity contribution is 0.515. The molecule has 1 fully saturated rings. The van der Waals surface area contributed by atoms with E-state index in [4.69, 9.17) is 0 Å². The van der Waals surface area contributed by atoms with Crippen LogP contribution >= 0.6 is 11.8 Å². The first-order valence-corrected chi connectivity index (χ1v) is 7.62. The zero-order valence-electron chi connectivity index (χ0n) is 10.6. The third kappa shape index (κ3) is 2.46. The molecule has 3 rings (SSSR count). The number of pyridine rings is 1. The molecule has 5 heteroatoms. The summed E-state index contributed by atoms with van der Waals surface area (Å²) in [5.41, 5.74) is 2.10. The SMILES string of the molecule is Cc1cccn2nc(NCC3CCSCC3)nc12. The van der Waals surface area contributed by atoms with Gasteiger partial charge in [0.2, 0.25) is 5.95 Å². The van der Waals surface area contributed by atoms with Crippen molar-refractivity contribution in [3.63, 3.8) is 0 Å². The molecule has 0 aromatic carbocycles. The number of aromatic nitrogens is 3. The van der Waals surface area contributed by atoms with Crippen LogP contribution in [-0.2, 0) is 0 Å².